The number of rotatable bonds is 5. The van der Waals surface area contributed by atoms with Gasteiger partial charge in [-0.25, -0.2) is 4.90 Å². The van der Waals surface area contributed by atoms with Crippen LogP contribution in [0.1, 0.15) is 16.7 Å². The first-order valence-corrected chi connectivity index (χ1v) is 10.6. The molecule has 162 valence electrons. The van der Waals surface area contributed by atoms with Crippen molar-refractivity contribution in [2.75, 3.05) is 35.8 Å². The van der Waals surface area contributed by atoms with E-state index < -0.39 is 0 Å². The van der Waals surface area contributed by atoms with Gasteiger partial charge in [0.25, 0.3) is 11.8 Å². The first-order valence-electron chi connectivity index (χ1n) is 10.6. The van der Waals surface area contributed by atoms with E-state index in [9.17, 15) is 9.59 Å². The van der Waals surface area contributed by atoms with Crippen molar-refractivity contribution in [3.05, 3.63) is 95.2 Å². The van der Waals surface area contributed by atoms with Crippen LogP contribution in [-0.2, 0) is 9.59 Å². The molecule has 5 heteroatoms. The van der Waals surface area contributed by atoms with Crippen LogP contribution in [0.5, 0.6) is 0 Å². The Kier molecular flexibility index (Phi) is 5.57. The lowest BCUT2D eigenvalue weighted by Gasteiger charge is -2.22. The van der Waals surface area contributed by atoms with Gasteiger partial charge in [-0.05, 0) is 55.3 Å². The number of aryl methyl sites for hydroxylation is 2. The highest BCUT2D eigenvalue weighted by atomic mass is 16.2. The lowest BCUT2D eigenvalue weighted by molar-refractivity contribution is -0.120. The molecule has 0 unspecified atom stereocenters. The van der Waals surface area contributed by atoms with Crippen LogP contribution < -0.4 is 14.7 Å². The number of benzene rings is 3. The highest BCUT2D eigenvalue weighted by Gasteiger charge is 2.42. The van der Waals surface area contributed by atoms with Crippen molar-refractivity contribution in [3.8, 4) is 0 Å². The van der Waals surface area contributed by atoms with Gasteiger partial charge in [0.05, 0.1) is 11.3 Å². The molecule has 0 N–H and O–H groups in total. The number of anilines is 3. The molecule has 0 atom stereocenters. The predicted octanol–water partition coefficient (Wildman–Crippen LogP) is 4.79. The van der Waals surface area contributed by atoms with Gasteiger partial charge >= 0.3 is 0 Å². The molecule has 0 saturated carbocycles. The largest absolute Gasteiger partial charge is 0.378 e. The fourth-order valence-corrected chi connectivity index (χ4v) is 4.09. The molecule has 0 fully saturated rings. The van der Waals surface area contributed by atoms with E-state index in [2.05, 4.69) is 0 Å². The summed E-state index contributed by atoms with van der Waals surface area (Å²) in [6.07, 6.45) is 0. The van der Waals surface area contributed by atoms with Crippen LogP contribution in [0.4, 0.5) is 17.1 Å². The fourth-order valence-electron chi connectivity index (χ4n) is 4.09. The van der Waals surface area contributed by atoms with E-state index in [1.54, 1.807) is 6.07 Å². The maximum Gasteiger partial charge on any atom is 0.282 e. The molecular formula is C27H27N3O2. The molecule has 1 aliphatic heterocycles. The molecule has 1 heterocycles. The van der Waals surface area contributed by atoms with Gasteiger partial charge in [0.15, 0.2) is 0 Å². The average molecular weight is 426 g/mol. The summed E-state index contributed by atoms with van der Waals surface area (Å²) < 4.78 is 0. The molecule has 0 radical (unpaired) electrons. The van der Waals surface area contributed by atoms with Crippen molar-refractivity contribution in [3.63, 3.8) is 0 Å². The van der Waals surface area contributed by atoms with Crippen LogP contribution in [0.25, 0.3) is 5.57 Å². The lowest BCUT2D eigenvalue weighted by atomic mass is 9.97. The summed E-state index contributed by atoms with van der Waals surface area (Å²) in [7, 11) is 5.69. The molecule has 3 aromatic carbocycles. The quantitative estimate of drug-likeness (QED) is 0.552. The Morgan fingerprint density at radius 1 is 0.719 bits per heavy atom. The maximum absolute atomic E-state index is 13.8. The standard InChI is InChI=1S/C27H27N3O2/c1-18-14-15-23(19(2)16-18)24-25(29(5)20-10-7-6-8-11-20)27(32)30(26(24)31)22-13-9-12-21(17-22)28(3)4/h6-17H,1-5H3. The van der Waals surface area contributed by atoms with E-state index in [1.165, 1.54) is 4.90 Å². The summed E-state index contributed by atoms with van der Waals surface area (Å²) in [6, 6.07) is 23.0. The van der Waals surface area contributed by atoms with Gasteiger partial charge in [-0.3, -0.25) is 9.59 Å². The van der Waals surface area contributed by atoms with Crippen molar-refractivity contribution in [2.45, 2.75) is 13.8 Å². The normalized spacial score (nSPS) is 13.7. The van der Waals surface area contributed by atoms with Gasteiger partial charge in [0, 0.05) is 32.5 Å². The molecule has 5 nitrogen and oxygen atoms in total. The molecule has 1 aliphatic rings. The van der Waals surface area contributed by atoms with Gasteiger partial charge < -0.3 is 9.80 Å². The second kappa shape index (κ2) is 8.35. The Morgan fingerprint density at radius 2 is 1.41 bits per heavy atom. The Hall–Kier alpha value is -3.86. The van der Waals surface area contributed by atoms with Crippen molar-refractivity contribution >= 4 is 34.4 Å². The average Bonchev–Trinajstić information content (AvgIpc) is 3.04. The molecule has 0 aliphatic carbocycles. The minimum atomic E-state index is -0.327. The van der Waals surface area contributed by atoms with E-state index in [0.29, 0.717) is 17.0 Å². The predicted molar refractivity (Wildman–Crippen MR) is 131 cm³/mol. The lowest BCUT2D eigenvalue weighted by Crippen LogP contribution is -2.34. The zero-order chi connectivity index (χ0) is 23.0. The number of nitrogens with zero attached hydrogens (tertiary/aromatic N) is 3. The molecule has 0 aromatic heterocycles. The summed E-state index contributed by atoms with van der Waals surface area (Å²) >= 11 is 0. The first kappa shape index (κ1) is 21.4. The van der Waals surface area contributed by atoms with Gasteiger partial charge in [-0.1, -0.05) is 48.0 Å². The van der Waals surface area contributed by atoms with Crippen LogP contribution in [0.3, 0.4) is 0 Å². The number of imide groups is 1. The Balaban J connectivity index is 1.90. The highest BCUT2D eigenvalue weighted by Crippen LogP contribution is 2.38. The maximum atomic E-state index is 13.8. The molecule has 0 spiro atoms. The highest BCUT2D eigenvalue weighted by molar-refractivity contribution is 6.46. The second-order valence-corrected chi connectivity index (χ2v) is 8.30. The number of para-hydroxylation sites is 1. The number of likely N-dealkylation sites (N-methyl/N-ethyl adjacent to an activating group) is 1. The van der Waals surface area contributed by atoms with Crippen LogP contribution in [0.15, 0.2) is 78.5 Å². The van der Waals surface area contributed by atoms with E-state index in [0.717, 1.165) is 28.1 Å². The van der Waals surface area contributed by atoms with E-state index in [-0.39, 0.29) is 11.8 Å². The minimum Gasteiger partial charge on any atom is -0.378 e. The third kappa shape index (κ3) is 3.66. The zero-order valence-electron chi connectivity index (χ0n) is 19.1. The van der Waals surface area contributed by atoms with Crippen LogP contribution in [0.2, 0.25) is 0 Å². The minimum absolute atomic E-state index is 0.310. The SMILES string of the molecule is Cc1ccc(C2=C(N(C)c3ccccc3)C(=O)N(c3cccc(N(C)C)c3)C2=O)c(C)c1. The van der Waals surface area contributed by atoms with Gasteiger partial charge in [0.1, 0.15) is 5.70 Å². The smallest absolute Gasteiger partial charge is 0.282 e. The van der Waals surface area contributed by atoms with E-state index in [4.69, 9.17) is 0 Å². The zero-order valence-corrected chi connectivity index (χ0v) is 19.1. The molecular weight excluding hydrogens is 398 g/mol. The van der Waals surface area contributed by atoms with Crippen LogP contribution in [-0.4, -0.2) is 33.0 Å². The van der Waals surface area contributed by atoms with E-state index in [1.807, 2.05) is 112 Å². The molecule has 0 saturated heterocycles. The van der Waals surface area contributed by atoms with Crippen molar-refractivity contribution < 1.29 is 9.59 Å². The number of carbonyl (C=O) groups is 2. The summed E-state index contributed by atoms with van der Waals surface area (Å²) in [5.74, 6) is -0.636. The number of amides is 2. The summed E-state index contributed by atoms with van der Waals surface area (Å²) in [4.78, 5) is 32.6. The third-order valence-electron chi connectivity index (χ3n) is 5.79. The van der Waals surface area contributed by atoms with E-state index >= 15 is 0 Å². The van der Waals surface area contributed by atoms with Crippen LogP contribution in [0, 0.1) is 13.8 Å². The molecule has 0 bridgehead atoms. The Bertz CT molecular complexity index is 1230. The monoisotopic (exact) mass is 425 g/mol. The number of hydrogen-bond acceptors (Lipinski definition) is 4. The van der Waals surface area contributed by atoms with Crippen molar-refractivity contribution in [2.24, 2.45) is 0 Å². The molecule has 32 heavy (non-hydrogen) atoms. The van der Waals surface area contributed by atoms with Gasteiger partial charge in [-0.15, -0.1) is 0 Å². The molecule has 3 aromatic rings. The van der Waals surface area contributed by atoms with Gasteiger partial charge in [0.2, 0.25) is 0 Å². The van der Waals surface area contributed by atoms with Gasteiger partial charge in [-0.2, -0.15) is 0 Å². The summed E-state index contributed by atoms with van der Waals surface area (Å²) in [5, 5.41) is 0. The Morgan fingerprint density at radius 3 is 2.06 bits per heavy atom. The third-order valence-corrected chi connectivity index (χ3v) is 5.79. The Labute approximate surface area is 189 Å². The van der Waals surface area contributed by atoms with Crippen molar-refractivity contribution in [1.29, 1.82) is 0 Å². The number of carbonyl (C=O) groups excluding carboxylic acids is 2. The number of hydrogen-bond donors (Lipinski definition) is 0. The first-order chi connectivity index (χ1) is 15.3. The fraction of sp³-hybridized carbons (Fsp3) is 0.185. The van der Waals surface area contributed by atoms with Crippen molar-refractivity contribution in [1.82, 2.24) is 0 Å². The summed E-state index contributed by atoms with van der Waals surface area (Å²) in [6.45, 7) is 3.99. The molecule has 2 amide bonds. The summed E-state index contributed by atoms with van der Waals surface area (Å²) in [5.41, 5.74) is 5.97. The van der Waals surface area contributed by atoms with Crippen LogP contribution >= 0.6 is 0 Å². The topological polar surface area (TPSA) is 43.9 Å². The second-order valence-electron chi connectivity index (χ2n) is 8.30. The molecule has 4 rings (SSSR count).